The number of nitrogens with two attached hydrogens (primary N) is 1. The van der Waals surface area contributed by atoms with Gasteiger partial charge in [0.25, 0.3) is 0 Å². The Kier molecular flexibility index (Phi) is 4.97. The van der Waals surface area contributed by atoms with Crippen LogP contribution in [0.4, 0.5) is 8.78 Å². The lowest BCUT2D eigenvalue weighted by atomic mass is 10.1. The minimum atomic E-state index is -0.560. The van der Waals surface area contributed by atoms with Gasteiger partial charge in [0.05, 0.1) is 6.04 Å². The molecule has 0 amide bonds. The fourth-order valence-corrected chi connectivity index (χ4v) is 3.71. The van der Waals surface area contributed by atoms with Crippen LogP contribution in [0.1, 0.15) is 37.3 Å². The summed E-state index contributed by atoms with van der Waals surface area (Å²) in [5, 5.41) is 0.657. The molecular formula is C13H18F2N2S. The molecule has 0 bridgehead atoms. The van der Waals surface area contributed by atoms with Crippen molar-refractivity contribution >= 4 is 11.8 Å². The molecule has 1 aliphatic rings. The summed E-state index contributed by atoms with van der Waals surface area (Å²) in [7, 11) is 0. The Morgan fingerprint density at radius 3 is 2.67 bits per heavy atom. The molecular weight excluding hydrogens is 254 g/mol. The SMILES string of the molecule is NNC(CSC1CCCC1)c1ccc(F)cc1F. The van der Waals surface area contributed by atoms with Crippen LogP contribution in [0.2, 0.25) is 0 Å². The van der Waals surface area contributed by atoms with Crippen molar-refractivity contribution in [1.29, 1.82) is 0 Å². The number of halogens is 2. The minimum Gasteiger partial charge on any atom is -0.271 e. The van der Waals surface area contributed by atoms with Gasteiger partial charge >= 0.3 is 0 Å². The molecule has 2 nitrogen and oxygen atoms in total. The maximum atomic E-state index is 13.6. The van der Waals surface area contributed by atoms with Crippen molar-refractivity contribution < 1.29 is 8.78 Å². The Hall–Kier alpha value is -0.650. The highest BCUT2D eigenvalue weighted by Gasteiger charge is 2.20. The molecule has 1 unspecified atom stereocenters. The highest BCUT2D eigenvalue weighted by molar-refractivity contribution is 7.99. The van der Waals surface area contributed by atoms with Crippen LogP contribution >= 0.6 is 11.8 Å². The Balaban J connectivity index is 1.98. The van der Waals surface area contributed by atoms with Crippen LogP contribution in [-0.4, -0.2) is 11.0 Å². The Morgan fingerprint density at radius 2 is 2.06 bits per heavy atom. The fourth-order valence-electron chi connectivity index (χ4n) is 2.30. The van der Waals surface area contributed by atoms with Crippen LogP contribution in [0, 0.1) is 11.6 Å². The minimum absolute atomic E-state index is 0.267. The molecule has 100 valence electrons. The van der Waals surface area contributed by atoms with Gasteiger partial charge in [-0.1, -0.05) is 18.9 Å². The van der Waals surface area contributed by atoms with E-state index in [0.29, 0.717) is 16.6 Å². The van der Waals surface area contributed by atoms with Crippen molar-refractivity contribution in [3.05, 3.63) is 35.4 Å². The lowest BCUT2D eigenvalue weighted by Crippen LogP contribution is -2.30. The van der Waals surface area contributed by atoms with E-state index in [4.69, 9.17) is 5.84 Å². The van der Waals surface area contributed by atoms with Crippen molar-refractivity contribution in [1.82, 2.24) is 5.43 Å². The first kappa shape index (κ1) is 13.8. The second-order valence-electron chi connectivity index (χ2n) is 4.62. The molecule has 1 fully saturated rings. The van der Waals surface area contributed by atoms with Gasteiger partial charge in [-0.2, -0.15) is 11.8 Å². The van der Waals surface area contributed by atoms with E-state index in [-0.39, 0.29) is 6.04 Å². The monoisotopic (exact) mass is 272 g/mol. The Bertz CT molecular complexity index is 395. The van der Waals surface area contributed by atoms with E-state index >= 15 is 0 Å². The van der Waals surface area contributed by atoms with Gasteiger partial charge in [-0.05, 0) is 18.9 Å². The highest BCUT2D eigenvalue weighted by Crippen LogP contribution is 2.32. The molecule has 0 radical (unpaired) electrons. The molecule has 3 N–H and O–H groups in total. The summed E-state index contributed by atoms with van der Waals surface area (Å²) in [5.74, 6) is 5.09. The molecule has 1 aromatic rings. The molecule has 1 aromatic carbocycles. The van der Waals surface area contributed by atoms with E-state index in [1.54, 1.807) is 0 Å². The van der Waals surface area contributed by atoms with E-state index in [1.807, 2.05) is 11.8 Å². The maximum absolute atomic E-state index is 13.6. The topological polar surface area (TPSA) is 38.0 Å². The summed E-state index contributed by atoms with van der Waals surface area (Å²) in [6, 6.07) is 3.36. The van der Waals surface area contributed by atoms with Gasteiger partial charge in [0, 0.05) is 22.6 Å². The second kappa shape index (κ2) is 6.50. The summed E-state index contributed by atoms with van der Waals surface area (Å²) in [4.78, 5) is 0. The first-order chi connectivity index (χ1) is 8.70. The number of hydrogen-bond donors (Lipinski definition) is 2. The number of nitrogens with one attached hydrogen (secondary N) is 1. The average Bonchev–Trinajstić information content (AvgIpc) is 2.85. The molecule has 5 heteroatoms. The number of benzene rings is 1. The largest absolute Gasteiger partial charge is 0.271 e. The molecule has 0 aromatic heterocycles. The van der Waals surface area contributed by atoms with E-state index in [1.165, 1.54) is 37.8 Å². The molecule has 0 aliphatic heterocycles. The van der Waals surface area contributed by atoms with Gasteiger partial charge in [0.2, 0.25) is 0 Å². The molecule has 1 aliphatic carbocycles. The summed E-state index contributed by atoms with van der Waals surface area (Å²) < 4.78 is 26.5. The number of rotatable bonds is 5. The number of hydrazine groups is 1. The van der Waals surface area contributed by atoms with Crippen molar-refractivity contribution in [3.8, 4) is 0 Å². The third-order valence-corrected chi connectivity index (χ3v) is 4.81. The Labute approximate surface area is 110 Å². The van der Waals surface area contributed by atoms with Gasteiger partial charge in [0.15, 0.2) is 0 Å². The fraction of sp³-hybridized carbons (Fsp3) is 0.538. The van der Waals surface area contributed by atoms with Crippen LogP contribution in [-0.2, 0) is 0 Å². The van der Waals surface area contributed by atoms with Crippen molar-refractivity contribution in [2.45, 2.75) is 37.0 Å². The zero-order chi connectivity index (χ0) is 13.0. The predicted molar refractivity (Wildman–Crippen MR) is 71.1 cm³/mol. The third-order valence-electron chi connectivity index (χ3n) is 3.34. The zero-order valence-corrected chi connectivity index (χ0v) is 11.0. The normalized spacial score (nSPS) is 18.2. The van der Waals surface area contributed by atoms with Gasteiger partial charge in [0.1, 0.15) is 11.6 Å². The molecule has 0 saturated heterocycles. The van der Waals surface area contributed by atoms with Gasteiger partial charge in [-0.3, -0.25) is 11.3 Å². The van der Waals surface area contributed by atoms with E-state index in [2.05, 4.69) is 5.43 Å². The van der Waals surface area contributed by atoms with Crippen LogP contribution in [0.15, 0.2) is 18.2 Å². The highest BCUT2D eigenvalue weighted by atomic mass is 32.2. The van der Waals surface area contributed by atoms with Crippen LogP contribution in [0.5, 0.6) is 0 Å². The van der Waals surface area contributed by atoms with Crippen LogP contribution < -0.4 is 11.3 Å². The standard InChI is InChI=1S/C13H18F2N2S/c14-9-5-6-11(12(15)7-9)13(17-16)8-18-10-3-1-2-4-10/h5-7,10,13,17H,1-4,8,16H2. The predicted octanol–water partition coefficient (Wildman–Crippen LogP) is 3.15. The Morgan fingerprint density at radius 1 is 1.33 bits per heavy atom. The molecule has 1 atom stereocenters. The quantitative estimate of drug-likeness (QED) is 0.639. The summed E-state index contributed by atoms with van der Waals surface area (Å²) in [5.41, 5.74) is 3.05. The smallest absolute Gasteiger partial charge is 0.130 e. The molecule has 2 rings (SSSR count). The summed E-state index contributed by atoms with van der Waals surface area (Å²) in [6.07, 6.45) is 5.02. The van der Waals surface area contributed by atoms with Gasteiger partial charge < -0.3 is 0 Å². The second-order valence-corrected chi connectivity index (χ2v) is 5.96. The van der Waals surface area contributed by atoms with Gasteiger partial charge in [-0.15, -0.1) is 0 Å². The van der Waals surface area contributed by atoms with Crippen molar-refractivity contribution in [2.24, 2.45) is 5.84 Å². The third kappa shape index (κ3) is 3.43. The van der Waals surface area contributed by atoms with Crippen molar-refractivity contribution in [3.63, 3.8) is 0 Å². The molecule has 0 heterocycles. The van der Waals surface area contributed by atoms with Gasteiger partial charge in [-0.25, -0.2) is 8.78 Å². The lowest BCUT2D eigenvalue weighted by molar-refractivity contribution is 0.531. The first-order valence-electron chi connectivity index (χ1n) is 6.23. The zero-order valence-electron chi connectivity index (χ0n) is 10.2. The van der Waals surface area contributed by atoms with Crippen LogP contribution in [0.3, 0.4) is 0 Å². The summed E-state index contributed by atoms with van der Waals surface area (Å²) >= 11 is 1.82. The lowest BCUT2D eigenvalue weighted by Gasteiger charge is -2.18. The molecule has 1 saturated carbocycles. The first-order valence-corrected chi connectivity index (χ1v) is 7.28. The number of hydrogen-bond acceptors (Lipinski definition) is 3. The van der Waals surface area contributed by atoms with Crippen LogP contribution in [0.25, 0.3) is 0 Å². The number of thioether (sulfide) groups is 1. The molecule has 0 spiro atoms. The van der Waals surface area contributed by atoms with E-state index in [0.717, 1.165) is 6.07 Å². The summed E-state index contributed by atoms with van der Waals surface area (Å²) in [6.45, 7) is 0. The van der Waals surface area contributed by atoms with E-state index in [9.17, 15) is 8.78 Å². The molecule has 18 heavy (non-hydrogen) atoms. The maximum Gasteiger partial charge on any atom is 0.130 e. The van der Waals surface area contributed by atoms with E-state index < -0.39 is 11.6 Å². The average molecular weight is 272 g/mol. The van der Waals surface area contributed by atoms with Crippen molar-refractivity contribution in [2.75, 3.05) is 5.75 Å².